The highest BCUT2D eigenvalue weighted by molar-refractivity contribution is 5.30. The van der Waals surface area contributed by atoms with Crippen LogP contribution in [0.2, 0.25) is 0 Å². The van der Waals surface area contributed by atoms with Gasteiger partial charge in [-0.25, -0.2) is 4.39 Å². The van der Waals surface area contributed by atoms with Gasteiger partial charge in [0.2, 0.25) is 0 Å². The maximum Gasteiger partial charge on any atom is 0.165 e. The van der Waals surface area contributed by atoms with E-state index in [9.17, 15) is 4.39 Å². The average Bonchev–Trinajstić information content (AvgIpc) is 2.29. The quantitative estimate of drug-likeness (QED) is 0.779. The van der Waals surface area contributed by atoms with Crippen molar-refractivity contribution in [1.82, 2.24) is 5.32 Å². The Labute approximate surface area is 95.2 Å². The summed E-state index contributed by atoms with van der Waals surface area (Å²) < 4.78 is 18.6. The Balaban J connectivity index is 2.71. The number of aliphatic hydroxyl groups excluding tert-OH is 1. The molecule has 0 unspecified atom stereocenters. The van der Waals surface area contributed by atoms with Gasteiger partial charge in [0.25, 0.3) is 0 Å². The minimum atomic E-state index is -0.350. The van der Waals surface area contributed by atoms with Crippen LogP contribution in [0.3, 0.4) is 0 Å². The Kier molecular flexibility index (Phi) is 5.22. The van der Waals surface area contributed by atoms with Crippen LogP contribution in [0.25, 0.3) is 0 Å². The molecule has 1 aromatic rings. The van der Waals surface area contributed by atoms with Crippen molar-refractivity contribution in [2.45, 2.75) is 19.9 Å². The molecule has 0 radical (unpaired) electrons. The summed E-state index contributed by atoms with van der Waals surface area (Å²) in [4.78, 5) is 0. The number of ether oxygens (including phenoxy) is 1. The molecule has 0 aliphatic carbocycles. The lowest BCUT2D eigenvalue weighted by Gasteiger charge is -2.14. The van der Waals surface area contributed by atoms with E-state index in [4.69, 9.17) is 9.84 Å². The summed E-state index contributed by atoms with van der Waals surface area (Å²) in [5.74, 6) is -0.0717. The molecule has 1 rings (SSSR count). The van der Waals surface area contributed by atoms with Crippen molar-refractivity contribution >= 4 is 0 Å². The van der Waals surface area contributed by atoms with E-state index in [0.717, 1.165) is 5.56 Å². The van der Waals surface area contributed by atoms with Crippen molar-refractivity contribution in [2.75, 3.05) is 19.8 Å². The SMILES string of the molecule is CCOc1ccc([C@@H](C)NCCO)cc1F. The van der Waals surface area contributed by atoms with Crippen LogP contribution in [0, 0.1) is 5.82 Å². The number of benzene rings is 1. The van der Waals surface area contributed by atoms with E-state index in [2.05, 4.69) is 5.32 Å². The highest BCUT2D eigenvalue weighted by Gasteiger charge is 2.08. The lowest BCUT2D eigenvalue weighted by atomic mass is 10.1. The molecule has 0 saturated heterocycles. The van der Waals surface area contributed by atoms with Crippen LogP contribution >= 0.6 is 0 Å². The van der Waals surface area contributed by atoms with E-state index in [1.807, 2.05) is 19.9 Å². The monoisotopic (exact) mass is 227 g/mol. The summed E-state index contributed by atoms with van der Waals surface area (Å²) >= 11 is 0. The third-order valence-electron chi connectivity index (χ3n) is 2.32. The standard InChI is InChI=1S/C12H18FNO2/c1-3-16-12-5-4-10(8-11(12)13)9(2)14-6-7-15/h4-5,8-9,14-15H,3,6-7H2,1-2H3/t9-/m1/s1. The van der Waals surface area contributed by atoms with Crippen LogP contribution in [0.1, 0.15) is 25.5 Å². The first-order chi connectivity index (χ1) is 7.69. The first kappa shape index (κ1) is 12.9. The summed E-state index contributed by atoms with van der Waals surface area (Å²) in [5.41, 5.74) is 0.842. The van der Waals surface area contributed by atoms with Gasteiger partial charge >= 0.3 is 0 Å². The zero-order valence-electron chi connectivity index (χ0n) is 9.66. The van der Waals surface area contributed by atoms with Gasteiger partial charge in [-0.1, -0.05) is 6.07 Å². The van der Waals surface area contributed by atoms with Crippen molar-refractivity contribution < 1.29 is 14.2 Å². The summed E-state index contributed by atoms with van der Waals surface area (Å²) in [5, 5.41) is 11.7. The molecule has 1 aromatic carbocycles. The van der Waals surface area contributed by atoms with Gasteiger partial charge in [0.1, 0.15) is 0 Å². The highest BCUT2D eigenvalue weighted by atomic mass is 19.1. The molecular weight excluding hydrogens is 209 g/mol. The second kappa shape index (κ2) is 6.45. The molecule has 3 nitrogen and oxygen atoms in total. The predicted molar refractivity (Wildman–Crippen MR) is 61.1 cm³/mol. The van der Waals surface area contributed by atoms with Crippen LogP contribution < -0.4 is 10.1 Å². The minimum Gasteiger partial charge on any atom is -0.491 e. The van der Waals surface area contributed by atoms with Crippen LogP contribution in [0.15, 0.2) is 18.2 Å². The average molecular weight is 227 g/mol. The number of hydrogen-bond acceptors (Lipinski definition) is 3. The summed E-state index contributed by atoms with van der Waals surface area (Å²) in [7, 11) is 0. The van der Waals surface area contributed by atoms with E-state index < -0.39 is 0 Å². The zero-order chi connectivity index (χ0) is 12.0. The Hall–Kier alpha value is -1.13. The van der Waals surface area contributed by atoms with Gasteiger partial charge < -0.3 is 15.2 Å². The molecule has 2 N–H and O–H groups in total. The maximum absolute atomic E-state index is 13.5. The number of aliphatic hydroxyl groups is 1. The topological polar surface area (TPSA) is 41.5 Å². The van der Waals surface area contributed by atoms with Crippen LogP contribution in [-0.4, -0.2) is 24.9 Å². The lowest BCUT2D eigenvalue weighted by Crippen LogP contribution is -2.22. The van der Waals surface area contributed by atoms with Crippen molar-refractivity contribution in [2.24, 2.45) is 0 Å². The smallest absolute Gasteiger partial charge is 0.165 e. The maximum atomic E-state index is 13.5. The molecule has 90 valence electrons. The number of nitrogens with one attached hydrogen (secondary N) is 1. The predicted octanol–water partition coefficient (Wildman–Crippen LogP) is 1.87. The third-order valence-corrected chi connectivity index (χ3v) is 2.32. The third kappa shape index (κ3) is 3.47. The van der Waals surface area contributed by atoms with Gasteiger partial charge in [0, 0.05) is 12.6 Å². The molecule has 0 bridgehead atoms. The first-order valence-electron chi connectivity index (χ1n) is 5.45. The second-order valence-corrected chi connectivity index (χ2v) is 3.52. The van der Waals surface area contributed by atoms with E-state index in [0.29, 0.717) is 13.2 Å². The fraction of sp³-hybridized carbons (Fsp3) is 0.500. The van der Waals surface area contributed by atoms with Gasteiger partial charge in [-0.15, -0.1) is 0 Å². The molecule has 0 aliphatic rings. The fourth-order valence-corrected chi connectivity index (χ4v) is 1.46. The summed E-state index contributed by atoms with van der Waals surface area (Å²) in [6.45, 7) is 4.76. The molecule has 0 aliphatic heterocycles. The van der Waals surface area contributed by atoms with Crippen LogP contribution in [0.4, 0.5) is 4.39 Å². The van der Waals surface area contributed by atoms with Gasteiger partial charge in [0.15, 0.2) is 11.6 Å². The molecule has 16 heavy (non-hydrogen) atoms. The normalized spacial score (nSPS) is 12.5. The van der Waals surface area contributed by atoms with Crippen molar-refractivity contribution in [3.8, 4) is 5.75 Å². The second-order valence-electron chi connectivity index (χ2n) is 3.52. The Morgan fingerprint density at radius 1 is 1.50 bits per heavy atom. The van der Waals surface area contributed by atoms with Crippen LogP contribution in [0.5, 0.6) is 5.75 Å². The van der Waals surface area contributed by atoms with E-state index >= 15 is 0 Å². The highest BCUT2D eigenvalue weighted by Crippen LogP contribution is 2.21. The van der Waals surface area contributed by atoms with E-state index in [1.54, 1.807) is 6.07 Å². The molecule has 0 aromatic heterocycles. The van der Waals surface area contributed by atoms with Gasteiger partial charge in [0.05, 0.1) is 13.2 Å². The number of hydrogen-bond donors (Lipinski definition) is 2. The summed E-state index contributed by atoms with van der Waals surface area (Å²) in [6.07, 6.45) is 0. The molecule has 1 atom stereocenters. The molecule has 0 amide bonds. The molecule has 0 spiro atoms. The molecule has 4 heteroatoms. The first-order valence-corrected chi connectivity index (χ1v) is 5.45. The van der Waals surface area contributed by atoms with Crippen molar-refractivity contribution in [1.29, 1.82) is 0 Å². The fourth-order valence-electron chi connectivity index (χ4n) is 1.46. The molecule has 0 saturated carbocycles. The van der Waals surface area contributed by atoms with E-state index in [-0.39, 0.29) is 24.2 Å². The lowest BCUT2D eigenvalue weighted by molar-refractivity contribution is 0.286. The zero-order valence-corrected chi connectivity index (χ0v) is 9.66. The van der Waals surface area contributed by atoms with Crippen molar-refractivity contribution in [3.63, 3.8) is 0 Å². The molecular formula is C12H18FNO2. The largest absolute Gasteiger partial charge is 0.491 e. The Morgan fingerprint density at radius 3 is 2.81 bits per heavy atom. The summed E-state index contributed by atoms with van der Waals surface area (Å²) in [6, 6.07) is 4.92. The molecule has 0 fully saturated rings. The van der Waals surface area contributed by atoms with Crippen LogP contribution in [-0.2, 0) is 0 Å². The van der Waals surface area contributed by atoms with E-state index in [1.165, 1.54) is 6.07 Å². The van der Waals surface area contributed by atoms with Gasteiger partial charge in [-0.05, 0) is 31.5 Å². The van der Waals surface area contributed by atoms with Gasteiger partial charge in [-0.2, -0.15) is 0 Å². The number of halogens is 1. The molecule has 0 heterocycles. The number of rotatable bonds is 6. The Morgan fingerprint density at radius 2 is 2.25 bits per heavy atom. The van der Waals surface area contributed by atoms with Gasteiger partial charge in [-0.3, -0.25) is 0 Å². The Bertz CT molecular complexity index is 331. The van der Waals surface area contributed by atoms with Crippen molar-refractivity contribution in [3.05, 3.63) is 29.6 Å². The minimum absolute atomic E-state index is 0.0114.